The first kappa shape index (κ1) is 17.7. The van der Waals surface area contributed by atoms with Gasteiger partial charge in [-0.2, -0.15) is 5.10 Å². The predicted octanol–water partition coefficient (Wildman–Crippen LogP) is 3.51. The van der Waals surface area contributed by atoms with Crippen molar-refractivity contribution in [1.29, 1.82) is 0 Å². The number of rotatable bonds is 3. The van der Waals surface area contributed by atoms with Crippen molar-refractivity contribution in [3.63, 3.8) is 0 Å². The van der Waals surface area contributed by atoms with E-state index in [0.29, 0.717) is 0 Å². The van der Waals surface area contributed by atoms with Crippen LogP contribution in [0.25, 0.3) is 0 Å². The number of benzene rings is 2. The zero-order chi connectivity index (χ0) is 18.0. The maximum Gasteiger partial charge on any atom is 0.275 e. The summed E-state index contributed by atoms with van der Waals surface area (Å²) in [6.45, 7) is 0. The fraction of sp³-hybridized carbons (Fsp3) is 0. The standard InChI is InChI=1S/C14H6ClF5N2O2/c15-5-1-2-8(23)6(3-5)14(24)22-21-4-7-9(16)11(18)13(20)12(19)10(7)17/h1-4,23H,(H,22,24)/b21-4+. The smallest absolute Gasteiger partial charge is 0.275 e. The lowest BCUT2D eigenvalue weighted by molar-refractivity contribution is 0.0952. The van der Waals surface area contributed by atoms with Crippen molar-refractivity contribution in [3.05, 3.63) is 63.4 Å². The SMILES string of the molecule is O=C(N/N=C/c1c(F)c(F)c(F)c(F)c1F)c1cc(Cl)ccc1O. The molecule has 126 valence electrons. The molecule has 0 heterocycles. The zero-order valence-corrected chi connectivity index (χ0v) is 12.1. The van der Waals surface area contributed by atoms with Crippen molar-refractivity contribution in [2.45, 2.75) is 0 Å². The normalized spacial score (nSPS) is 11.1. The van der Waals surface area contributed by atoms with Gasteiger partial charge in [-0.3, -0.25) is 4.79 Å². The van der Waals surface area contributed by atoms with Crippen molar-refractivity contribution in [2.24, 2.45) is 5.10 Å². The lowest BCUT2D eigenvalue weighted by Gasteiger charge is -2.05. The molecule has 2 aromatic rings. The van der Waals surface area contributed by atoms with Gasteiger partial charge in [-0.15, -0.1) is 0 Å². The van der Waals surface area contributed by atoms with Gasteiger partial charge in [0, 0.05) is 5.02 Å². The number of hydrogen-bond donors (Lipinski definition) is 2. The molecule has 2 rings (SSSR count). The molecule has 4 nitrogen and oxygen atoms in total. The monoisotopic (exact) mass is 364 g/mol. The average Bonchev–Trinajstić information content (AvgIpc) is 2.56. The number of phenols is 1. The Kier molecular flexibility index (Phi) is 5.03. The van der Waals surface area contributed by atoms with Crippen LogP contribution >= 0.6 is 11.6 Å². The van der Waals surface area contributed by atoms with E-state index in [2.05, 4.69) is 5.10 Å². The van der Waals surface area contributed by atoms with Gasteiger partial charge >= 0.3 is 0 Å². The van der Waals surface area contributed by atoms with Crippen LogP contribution in [0.5, 0.6) is 5.75 Å². The first-order chi connectivity index (χ1) is 11.2. The van der Waals surface area contributed by atoms with E-state index in [4.69, 9.17) is 11.6 Å². The predicted molar refractivity (Wildman–Crippen MR) is 74.4 cm³/mol. The Balaban J connectivity index is 2.27. The van der Waals surface area contributed by atoms with Crippen molar-refractivity contribution in [2.75, 3.05) is 0 Å². The summed E-state index contributed by atoms with van der Waals surface area (Å²) in [5.41, 5.74) is 0.124. The average molecular weight is 365 g/mol. The molecule has 0 atom stereocenters. The Labute approximate surface area is 136 Å². The summed E-state index contributed by atoms with van der Waals surface area (Å²) in [6.07, 6.45) is 0.246. The summed E-state index contributed by atoms with van der Waals surface area (Å²) in [7, 11) is 0. The molecule has 0 spiro atoms. The highest BCUT2D eigenvalue weighted by Gasteiger charge is 2.24. The summed E-state index contributed by atoms with van der Waals surface area (Å²) in [5.74, 6) is -12.3. The molecule has 0 bridgehead atoms. The number of halogens is 6. The Hall–Kier alpha value is -2.68. The van der Waals surface area contributed by atoms with E-state index in [1.165, 1.54) is 6.07 Å². The van der Waals surface area contributed by atoms with Gasteiger partial charge in [0.1, 0.15) is 5.75 Å². The minimum atomic E-state index is -2.31. The van der Waals surface area contributed by atoms with Crippen molar-refractivity contribution in [1.82, 2.24) is 5.43 Å². The van der Waals surface area contributed by atoms with Crippen LogP contribution in [0, 0.1) is 29.1 Å². The Bertz CT molecular complexity index is 829. The topological polar surface area (TPSA) is 61.7 Å². The molecular weight excluding hydrogens is 359 g/mol. The van der Waals surface area contributed by atoms with E-state index in [1.54, 1.807) is 5.43 Å². The maximum atomic E-state index is 13.4. The second kappa shape index (κ2) is 6.83. The molecule has 0 fully saturated rings. The van der Waals surface area contributed by atoms with E-state index in [-0.39, 0.29) is 16.8 Å². The molecule has 1 amide bonds. The Morgan fingerprint density at radius 3 is 2.17 bits per heavy atom. The number of hydrogen-bond acceptors (Lipinski definition) is 3. The molecule has 10 heteroatoms. The number of carbonyl (C=O) groups is 1. The number of nitrogens with one attached hydrogen (secondary N) is 1. The second-order valence-corrected chi connectivity index (χ2v) is 4.78. The first-order valence-corrected chi connectivity index (χ1v) is 6.45. The third-order valence-corrected chi connectivity index (χ3v) is 3.04. The molecule has 0 unspecified atom stereocenters. The molecule has 0 saturated carbocycles. The minimum Gasteiger partial charge on any atom is -0.507 e. The summed E-state index contributed by atoms with van der Waals surface area (Å²) >= 11 is 5.63. The molecule has 0 aliphatic carbocycles. The van der Waals surface area contributed by atoms with Gasteiger partial charge in [0.2, 0.25) is 5.82 Å². The van der Waals surface area contributed by atoms with Crippen LogP contribution in [-0.2, 0) is 0 Å². The lowest BCUT2D eigenvalue weighted by Crippen LogP contribution is -2.18. The molecule has 0 saturated heterocycles. The molecule has 0 aliphatic rings. The lowest BCUT2D eigenvalue weighted by atomic mass is 10.2. The fourth-order valence-corrected chi connectivity index (χ4v) is 1.81. The van der Waals surface area contributed by atoms with Gasteiger partial charge in [-0.05, 0) is 18.2 Å². The quantitative estimate of drug-likeness (QED) is 0.288. The zero-order valence-electron chi connectivity index (χ0n) is 11.4. The van der Waals surface area contributed by atoms with E-state index >= 15 is 0 Å². The summed E-state index contributed by atoms with van der Waals surface area (Å²) < 4.78 is 65.6. The molecule has 24 heavy (non-hydrogen) atoms. The van der Waals surface area contributed by atoms with Gasteiger partial charge in [0.15, 0.2) is 23.3 Å². The number of amides is 1. The highest BCUT2D eigenvalue weighted by atomic mass is 35.5. The summed E-state index contributed by atoms with van der Waals surface area (Å²) in [4.78, 5) is 11.7. The molecule has 0 radical (unpaired) electrons. The largest absolute Gasteiger partial charge is 0.507 e. The van der Waals surface area contributed by atoms with Crippen LogP contribution in [0.4, 0.5) is 22.0 Å². The van der Waals surface area contributed by atoms with Gasteiger partial charge in [-0.1, -0.05) is 11.6 Å². The second-order valence-electron chi connectivity index (χ2n) is 4.34. The van der Waals surface area contributed by atoms with Crippen molar-refractivity contribution in [3.8, 4) is 5.75 Å². The van der Waals surface area contributed by atoms with E-state index < -0.39 is 46.3 Å². The number of hydrazone groups is 1. The van der Waals surface area contributed by atoms with E-state index in [0.717, 1.165) is 12.1 Å². The van der Waals surface area contributed by atoms with Gasteiger partial charge in [-0.25, -0.2) is 27.4 Å². The highest BCUT2D eigenvalue weighted by molar-refractivity contribution is 6.31. The number of nitrogens with zero attached hydrogens (tertiary/aromatic N) is 1. The number of carbonyl (C=O) groups excluding carboxylic acids is 1. The number of aromatic hydroxyl groups is 1. The van der Waals surface area contributed by atoms with Gasteiger partial charge < -0.3 is 5.11 Å². The third-order valence-electron chi connectivity index (χ3n) is 2.81. The molecule has 0 aliphatic heterocycles. The first-order valence-electron chi connectivity index (χ1n) is 6.07. The van der Waals surface area contributed by atoms with Crippen LogP contribution in [0.1, 0.15) is 15.9 Å². The van der Waals surface area contributed by atoms with Crippen LogP contribution in [0.2, 0.25) is 5.02 Å². The Morgan fingerprint density at radius 2 is 1.58 bits per heavy atom. The summed E-state index contributed by atoms with van der Waals surface area (Å²) in [6, 6.07) is 3.50. The molecule has 2 N–H and O–H groups in total. The van der Waals surface area contributed by atoms with Crippen LogP contribution < -0.4 is 5.43 Å². The molecular formula is C14H6ClF5N2O2. The van der Waals surface area contributed by atoms with Gasteiger partial charge in [0.25, 0.3) is 5.91 Å². The number of phenolic OH excluding ortho intramolecular Hbond substituents is 1. The maximum absolute atomic E-state index is 13.4. The Morgan fingerprint density at radius 1 is 1.04 bits per heavy atom. The van der Waals surface area contributed by atoms with E-state index in [1.807, 2.05) is 0 Å². The van der Waals surface area contributed by atoms with Crippen LogP contribution in [0.3, 0.4) is 0 Å². The van der Waals surface area contributed by atoms with Crippen molar-refractivity contribution >= 4 is 23.7 Å². The minimum absolute atomic E-state index is 0.113. The van der Waals surface area contributed by atoms with Crippen LogP contribution in [-0.4, -0.2) is 17.2 Å². The van der Waals surface area contributed by atoms with Gasteiger partial charge in [0.05, 0.1) is 17.3 Å². The van der Waals surface area contributed by atoms with Crippen molar-refractivity contribution < 1.29 is 31.9 Å². The summed E-state index contributed by atoms with van der Waals surface area (Å²) in [5, 5.41) is 12.7. The molecule has 0 aromatic heterocycles. The highest BCUT2D eigenvalue weighted by Crippen LogP contribution is 2.22. The fourth-order valence-electron chi connectivity index (χ4n) is 1.64. The van der Waals surface area contributed by atoms with E-state index in [9.17, 15) is 31.9 Å². The molecule has 2 aromatic carbocycles. The van der Waals surface area contributed by atoms with Crippen LogP contribution in [0.15, 0.2) is 23.3 Å². The third kappa shape index (κ3) is 3.30.